The van der Waals surface area contributed by atoms with Crippen molar-refractivity contribution in [3.05, 3.63) is 47.9 Å². The molecule has 0 saturated carbocycles. The van der Waals surface area contributed by atoms with Crippen molar-refractivity contribution in [2.24, 2.45) is 0 Å². The highest BCUT2D eigenvalue weighted by Crippen LogP contribution is 2.10. The second-order valence-corrected chi connectivity index (χ2v) is 4.91. The fourth-order valence-corrected chi connectivity index (χ4v) is 1.95. The Morgan fingerprint density at radius 1 is 1.19 bits per heavy atom. The molecule has 1 aromatic carbocycles. The molecule has 1 aromatic heterocycles. The molecule has 0 radical (unpaired) electrons. The number of benzene rings is 1. The van der Waals surface area contributed by atoms with E-state index in [1.165, 1.54) is 12.1 Å². The van der Waals surface area contributed by atoms with Crippen LogP contribution in [0.4, 0.5) is 16.2 Å². The molecule has 0 fully saturated rings. The van der Waals surface area contributed by atoms with E-state index in [9.17, 15) is 4.39 Å². The maximum atomic E-state index is 12.8. The molecule has 0 saturated heterocycles. The Balaban J connectivity index is 1.79. The highest BCUT2D eigenvalue weighted by Gasteiger charge is 2.02. The van der Waals surface area contributed by atoms with Gasteiger partial charge in [-0.3, -0.25) is 0 Å². The van der Waals surface area contributed by atoms with E-state index in [1.807, 2.05) is 25.2 Å². The molecule has 0 aliphatic rings. The van der Waals surface area contributed by atoms with Gasteiger partial charge < -0.3 is 10.2 Å². The van der Waals surface area contributed by atoms with Gasteiger partial charge in [-0.15, -0.1) is 0 Å². The lowest BCUT2D eigenvalue weighted by Crippen LogP contribution is -2.18. The van der Waals surface area contributed by atoms with Gasteiger partial charge in [-0.2, -0.15) is 4.98 Å². The van der Waals surface area contributed by atoms with E-state index >= 15 is 0 Å². The van der Waals surface area contributed by atoms with Crippen molar-refractivity contribution in [3.8, 4) is 0 Å². The maximum absolute atomic E-state index is 12.8. The lowest BCUT2D eigenvalue weighted by molar-refractivity contribution is 0.626. The Hall–Kier alpha value is -2.17. The zero-order valence-electron chi connectivity index (χ0n) is 12.5. The first-order valence-electron chi connectivity index (χ1n) is 7.21. The number of halogens is 1. The van der Waals surface area contributed by atoms with E-state index in [0.717, 1.165) is 37.3 Å². The van der Waals surface area contributed by atoms with Crippen molar-refractivity contribution in [2.45, 2.75) is 19.8 Å². The molecular formula is C16H21FN4. The molecule has 0 spiro atoms. The van der Waals surface area contributed by atoms with E-state index in [1.54, 1.807) is 6.20 Å². The molecule has 4 nitrogen and oxygen atoms in total. The number of aromatic nitrogens is 2. The highest BCUT2D eigenvalue weighted by atomic mass is 19.1. The Labute approximate surface area is 125 Å². The first kappa shape index (κ1) is 15.2. The van der Waals surface area contributed by atoms with Crippen molar-refractivity contribution in [1.82, 2.24) is 9.97 Å². The number of aryl methyl sites for hydroxylation is 1. The van der Waals surface area contributed by atoms with Gasteiger partial charge in [0.1, 0.15) is 11.6 Å². The molecule has 0 aliphatic carbocycles. The monoisotopic (exact) mass is 288 g/mol. The lowest BCUT2D eigenvalue weighted by Gasteiger charge is -2.15. The molecule has 21 heavy (non-hydrogen) atoms. The van der Waals surface area contributed by atoms with Crippen molar-refractivity contribution in [3.63, 3.8) is 0 Å². The highest BCUT2D eigenvalue weighted by molar-refractivity contribution is 5.41. The third kappa shape index (κ3) is 4.70. The fourth-order valence-electron chi connectivity index (χ4n) is 1.95. The molecule has 5 heteroatoms. The summed E-state index contributed by atoms with van der Waals surface area (Å²) >= 11 is 0. The van der Waals surface area contributed by atoms with Crippen molar-refractivity contribution < 1.29 is 4.39 Å². The molecule has 2 aromatic rings. The second-order valence-electron chi connectivity index (χ2n) is 4.91. The summed E-state index contributed by atoms with van der Waals surface area (Å²) in [6.07, 6.45) is 3.61. The Morgan fingerprint density at radius 3 is 2.67 bits per heavy atom. The van der Waals surface area contributed by atoms with Crippen LogP contribution < -0.4 is 10.2 Å². The average molecular weight is 288 g/mol. The average Bonchev–Trinajstić information content (AvgIpc) is 2.53. The van der Waals surface area contributed by atoms with E-state index in [-0.39, 0.29) is 5.82 Å². The number of hydrogen-bond acceptors (Lipinski definition) is 4. The van der Waals surface area contributed by atoms with E-state index in [4.69, 9.17) is 0 Å². The van der Waals surface area contributed by atoms with Crippen LogP contribution in [0, 0.1) is 5.82 Å². The van der Waals surface area contributed by atoms with Gasteiger partial charge in [0.15, 0.2) is 0 Å². The summed E-state index contributed by atoms with van der Waals surface area (Å²) in [5, 5.41) is 3.22. The topological polar surface area (TPSA) is 41.1 Å². The fraction of sp³-hybridized carbons (Fsp3) is 0.375. The summed E-state index contributed by atoms with van der Waals surface area (Å²) in [6, 6.07) is 8.53. The van der Waals surface area contributed by atoms with Gasteiger partial charge in [-0.1, -0.05) is 12.1 Å². The largest absolute Gasteiger partial charge is 0.360 e. The minimum Gasteiger partial charge on any atom is -0.360 e. The van der Waals surface area contributed by atoms with Crippen molar-refractivity contribution in [1.29, 1.82) is 0 Å². The summed E-state index contributed by atoms with van der Waals surface area (Å²) in [4.78, 5) is 10.7. The van der Waals surface area contributed by atoms with Gasteiger partial charge >= 0.3 is 0 Å². The molecular weight excluding hydrogens is 267 g/mol. The Morgan fingerprint density at radius 2 is 1.95 bits per heavy atom. The smallest absolute Gasteiger partial charge is 0.224 e. The first-order chi connectivity index (χ1) is 10.2. The number of hydrogen-bond donors (Lipinski definition) is 1. The summed E-state index contributed by atoms with van der Waals surface area (Å²) in [6.45, 7) is 3.77. The summed E-state index contributed by atoms with van der Waals surface area (Å²) < 4.78 is 12.8. The van der Waals surface area contributed by atoms with Crippen molar-refractivity contribution >= 4 is 11.8 Å². The zero-order valence-corrected chi connectivity index (χ0v) is 12.5. The lowest BCUT2D eigenvalue weighted by atomic mass is 10.1. The SMILES string of the molecule is CCN(C)c1ccnc(NCCCc2ccc(F)cc2)n1. The van der Waals surface area contributed by atoms with Crippen LogP contribution in [-0.4, -0.2) is 30.1 Å². The number of anilines is 2. The van der Waals surface area contributed by atoms with Crippen LogP contribution in [0.3, 0.4) is 0 Å². The van der Waals surface area contributed by atoms with Crippen LogP contribution in [0.25, 0.3) is 0 Å². The number of rotatable bonds is 7. The van der Waals surface area contributed by atoms with Crippen LogP contribution in [0.1, 0.15) is 18.9 Å². The van der Waals surface area contributed by atoms with Crippen LogP contribution in [-0.2, 0) is 6.42 Å². The standard InChI is InChI=1S/C16H21FN4/c1-3-21(2)15-10-12-19-16(20-15)18-11-4-5-13-6-8-14(17)9-7-13/h6-10,12H,3-5,11H2,1-2H3,(H,18,19,20). The van der Waals surface area contributed by atoms with Crippen LogP contribution >= 0.6 is 0 Å². The van der Waals surface area contributed by atoms with Gasteiger partial charge in [-0.25, -0.2) is 9.37 Å². The Bertz CT molecular complexity index is 556. The molecule has 2 rings (SSSR count). The van der Waals surface area contributed by atoms with Crippen LogP contribution in [0.5, 0.6) is 0 Å². The van der Waals surface area contributed by atoms with Crippen LogP contribution in [0.2, 0.25) is 0 Å². The second kappa shape index (κ2) is 7.57. The van der Waals surface area contributed by atoms with Gasteiger partial charge in [0.25, 0.3) is 0 Å². The maximum Gasteiger partial charge on any atom is 0.224 e. The Kier molecular flexibility index (Phi) is 5.49. The molecule has 0 atom stereocenters. The molecule has 0 aliphatic heterocycles. The molecule has 0 bridgehead atoms. The summed E-state index contributed by atoms with van der Waals surface area (Å²) in [7, 11) is 2.00. The molecule has 0 unspecified atom stereocenters. The van der Waals surface area contributed by atoms with Gasteiger partial charge in [-0.05, 0) is 43.5 Å². The molecule has 0 amide bonds. The van der Waals surface area contributed by atoms with E-state index < -0.39 is 0 Å². The van der Waals surface area contributed by atoms with E-state index in [2.05, 4.69) is 27.1 Å². The summed E-state index contributed by atoms with van der Waals surface area (Å²) in [5.74, 6) is 1.36. The molecule has 1 N–H and O–H groups in total. The van der Waals surface area contributed by atoms with Gasteiger partial charge in [0.2, 0.25) is 5.95 Å². The van der Waals surface area contributed by atoms with Gasteiger partial charge in [0, 0.05) is 26.3 Å². The minimum absolute atomic E-state index is 0.192. The van der Waals surface area contributed by atoms with E-state index in [0.29, 0.717) is 5.95 Å². The third-order valence-electron chi connectivity index (χ3n) is 3.34. The predicted octanol–water partition coefficient (Wildman–Crippen LogP) is 3.12. The zero-order chi connectivity index (χ0) is 15.1. The molecule has 1 heterocycles. The van der Waals surface area contributed by atoms with Crippen molar-refractivity contribution in [2.75, 3.05) is 30.4 Å². The van der Waals surface area contributed by atoms with Gasteiger partial charge in [0.05, 0.1) is 0 Å². The number of nitrogens with zero attached hydrogens (tertiary/aromatic N) is 3. The predicted molar refractivity (Wildman–Crippen MR) is 84.2 cm³/mol. The normalized spacial score (nSPS) is 10.4. The molecule has 112 valence electrons. The van der Waals surface area contributed by atoms with Crippen LogP contribution in [0.15, 0.2) is 36.5 Å². The quantitative estimate of drug-likeness (QED) is 0.795. The minimum atomic E-state index is -0.192. The summed E-state index contributed by atoms with van der Waals surface area (Å²) in [5.41, 5.74) is 1.14. The third-order valence-corrected chi connectivity index (χ3v) is 3.34. The first-order valence-corrected chi connectivity index (χ1v) is 7.21. The number of nitrogens with one attached hydrogen (secondary N) is 1.